The normalized spacial score (nSPS) is 19.9. The minimum Gasteiger partial charge on any atom is -0.381 e. The molecule has 1 unspecified atom stereocenters. The first-order valence-electron chi connectivity index (χ1n) is 10.6. The van der Waals surface area contributed by atoms with Crippen molar-refractivity contribution in [1.29, 1.82) is 0 Å². The molecule has 6 heteroatoms. The van der Waals surface area contributed by atoms with Crippen molar-refractivity contribution in [3.63, 3.8) is 0 Å². The lowest BCUT2D eigenvalue weighted by atomic mass is 9.99. The average molecular weight is 395 g/mol. The van der Waals surface area contributed by atoms with Crippen molar-refractivity contribution < 1.29 is 9.53 Å². The van der Waals surface area contributed by atoms with Gasteiger partial charge in [-0.1, -0.05) is 6.92 Å². The Morgan fingerprint density at radius 1 is 1.14 bits per heavy atom. The molecule has 1 atom stereocenters. The molecule has 2 N–H and O–H groups in total. The first-order chi connectivity index (χ1) is 14.2. The van der Waals surface area contributed by atoms with E-state index in [-0.39, 0.29) is 12.0 Å². The van der Waals surface area contributed by atoms with E-state index in [1.807, 2.05) is 18.2 Å². The van der Waals surface area contributed by atoms with Gasteiger partial charge in [0.05, 0.1) is 17.4 Å². The maximum Gasteiger partial charge on any atom is 0.257 e. The van der Waals surface area contributed by atoms with Gasteiger partial charge >= 0.3 is 0 Å². The Labute approximate surface area is 172 Å². The molecule has 4 rings (SSSR count). The number of anilines is 3. The van der Waals surface area contributed by atoms with Crippen LogP contribution in [-0.2, 0) is 4.74 Å². The molecule has 2 saturated heterocycles. The second-order valence-corrected chi connectivity index (χ2v) is 8.15. The minimum absolute atomic E-state index is 0.155. The Balaban J connectivity index is 1.33. The number of carbonyl (C=O) groups is 1. The summed E-state index contributed by atoms with van der Waals surface area (Å²) in [4.78, 5) is 19.3. The van der Waals surface area contributed by atoms with Crippen LogP contribution in [0.2, 0.25) is 0 Å². The van der Waals surface area contributed by atoms with Gasteiger partial charge in [-0.3, -0.25) is 9.78 Å². The molecule has 2 fully saturated rings. The number of carbonyl (C=O) groups excluding carboxylic acids is 1. The predicted octanol–water partition coefficient (Wildman–Crippen LogP) is 4.16. The molecule has 1 aromatic heterocycles. The quantitative estimate of drug-likeness (QED) is 0.770. The van der Waals surface area contributed by atoms with Crippen molar-refractivity contribution in [2.24, 2.45) is 5.92 Å². The number of amides is 1. The van der Waals surface area contributed by atoms with Crippen LogP contribution in [0.3, 0.4) is 0 Å². The summed E-state index contributed by atoms with van der Waals surface area (Å²) in [5.74, 6) is 0.659. The number of nitrogens with one attached hydrogen (secondary N) is 2. The van der Waals surface area contributed by atoms with Gasteiger partial charge in [-0.2, -0.15) is 0 Å². The zero-order chi connectivity index (χ0) is 20.1. The van der Waals surface area contributed by atoms with Crippen LogP contribution in [0.25, 0.3) is 0 Å². The number of aromatic nitrogens is 1. The molecule has 0 saturated carbocycles. The monoisotopic (exact) mass is 394 g/mol. The summed E-state index contributed by atoms with van der Waals surface area (Å²) in [5.41, 5.74) is 3.39. The zero-order valence-electron chi connectivity index (χ0n) is 17.1. The van der Waals surface area contributed by atoms with Crippen LogP contribution in [0.4, 0.5) is 17.1 Å². The third-order valence-electron chi connectivity index (χ3n) is 5.83. The highest BCUT2D eigenvalue weighted by atomic mass is 16.5. The van der Waals surface area contributed by atoms with Gasteiger partial charge in [0.1, 0.15) is 0 Å². The van der Waals surface area contributed by atoms with Gasteiger partial charge in [-0.15, -0.1) is 0 Å². The first kappa shape index (κ1) is 19.7. The standard InChI is InChI=1S/C23H30N4O2/c1-17-8-10-27(11-9-17)21-6-4-19(5-7-21)26-23(28)18-13-20(15-24-14-18)25-16-22-3-2-12-29-22/h4-7,13-15,17,22,25H,2-3,8-12,16H2,1H3,(H,26,28). The number of hydrogen-bond acceptors (Lipinski definition) is 5. The lowest BCUT2D eigenvalue weighted by Gasteiger charge is -2.32. The summed E-state index contributed by atoms with van der Waals surface area (Å²) in [6, 6.07) is 9.95. The van der Waals surface area contributed by atoms with Crippen LogP contribution in [0.15, 0.2) is 42.7 Å². The largest absolute Gasteiger partial charge is 0.381 e. The van der Waals surface area contributed by atoms with Crippen LogP contribution >= 0.6 is 0 Å². The van der Waals surface area contributed by atoms with E-state index in [2.05, 4.69) is 39.6 Å². The van der Waals surface area contributed by atoms with E-state index in [1.54, 1.807) is 12.4 Å². The summed E-state index contributed by atoms with van der Waals surface area (Å²) in [6.07, 6.45) is 8.24. The summed E-state index contributed by atoms with van der Waals surface area (Å²) in [7, 11) is 0. The molecule has 0 aliphatic carbocycles. The van der Waals surface area contributed by atoms with E-state index in [1.165, 1.54) is 18.5 Å². The molecule has 154 valence electrons. The lowest BCUT2D eigenvalue weighted by Crippen LogP contribution is -2.32. The average Bonchev–Trinajstić information content (AvgIpc) is 3.27. The maximum atomic E-state index is 12.6. The highest BCUT2D eigenvalue weighted by molar-refractivity contribution is 6.04. The van der Waals surface area contributed by atoms with Crippen molar-refractivity contribution in [1.82, 2.24) is 4.98 Å². The van der Waals surface area contributed by atoms with Crippen LogP contribution in [0, 0.1) is 5.92 Å². The summed E-state index contributed by atoms with van der Waals surface area (Å²) < 4.78 is 5.62. The molecule has 0 bridgehead atoms. The lowest BCUT2D eigenvalue weighted by molar-refractivity contribution is 0.102. The fraction of sp³-hybridized carbons (Fsp3) is 0.478. The van der Waals surface area contributed by atoms with E-state index < -0.39 is 0 Å². The summed E-state index contributed by atoms with van der Waals surface area (Å²) in [5, 5.41) is 6.29. The molecular formula is C23H30N4O2. The van der Waals surface area contributed by atoms with Gasteiger partial charge in [0, 0.05) is 50.0 Å². The summed E-state index contributed by atoms with van der Waals surface area (Å²) in [6.45, 7) is 6.10. The Morgan fingerprint density at radius 2 is 1.93 bits per heavy atom. The predicted molar refractivity (Wildman–Crippen MR) is 117 cm³/mol. The third kappa shape index (κ3) is 5.26. The molecule has 2 aromatic rings. The molecule has 1 amide bonds. The number of benzene rings is 1. The number of rotatable bonds is 6. The van der Waals surface area contributed by atoms with Crippen LogP contribution < -0.4 is 15.5 Å². The Hall–Kier alpha value is -2.60. The van der Waals surface area contributed by atoms with E-state index in [9.17, 15) is 4.79 Å². The van der Waals surface area contributed by atoms with Gasteiger partial charge in [-0.05, 0) is 61.9 Å². The maximum absolute atomic E-state index is 12.6. The molecule has 2 aliphatic rings. The Kier molecular flexibility index (Phi) is 6.30. The smallest absolute Gasteiger partial charge is 0.257 e. The number of pyridine rings is 1. The number of ether oxygens (including phenoxy) is 1. The molecular weight excluding hydrogens is 364 g/mol. The minimum atomic E-state index is -0.155. The molecule has 3 heterocycles. The number of hydrogen-bond donors (Lipinski definition) is 2. The van der Waals surface area contributed by atoms with Gasteiger partial charge in [0.15, 0.2) is 0 Å². The van der Waals surface area contributed by atoms with Gasteiger partial charge in [0.25, 0.3) is 5.91 Å². The van der Waals surface area contributed by atoms with E-state index >= 15 is 0 Å². The molecule has 29 heavy (non-hydrogen) atoms. The third-order valence-corrected chi connectivity index (χ3v) is 5.83. The van der Waals surface area contributed by atoms with Crippen LogP contribution in [-0.4, -0.2) is 43.2 Å². The second-order valence-electron chi connectivity index (χ2n) is 8.15. The molecule has 0 radical (unpaired) electrons. The van der Waals surface area contributed by atoms with Gasteiger partial charge in [-0.25, -0.2) is 0 Å². The highest BCUT2D eigenvalue weighted by Gasteiger charge is 2.17. The van der Waals surface area contributed by atoms with E-state index in [4.69, 9.17) is 4.74 Å². The van der Waals surface area contributed by atoms with E-state index in [0.29, 0.717) is 5.56 Å². The molecule has 1 aromatic carbocycles. The van der Waals surface area contributed by atoms with Crippen molar-refractivity contribution in [2.45, 2.75) is 38.7 Å². The van der Waals surface area contributed by atoms with Gasteiger partial charge < -0.3 is 20.3 Å². The Bertz CT molecular complexity index is 810. The fourth-order valence-electron chi connectivity index (χ4n) is 3.92. The fourth-order valence-corrected chi connectivity index (χ4v) is 3.92. The van der Waals surface area contributed by atoms with Crippen molar-refractivity contribution >= 4 is 23.0 Å². The van der Waals surface area contributed by atoms with Gasteiger partial charge in [0.2, 0.25) is 0 Å². The topological polar surface area (TPSA) is 66.5 Å². The second kappa shape index (κ2) is 9.27. The SMILES string of the molecule is CC1CCN(c2ccc(NC(=O)c3cncc(NCC4CCCO4)c3)cc2)CC1. The summed E-state index contributed by atoms with van der Waals surface area (Å²) >= 11 is 0. The zero-order valence-corrected chi connectivity index (χ0v) is 17.1. The van der Waals surface area contributed by atoms with Crippen molar-refractivity contribution in [3.8, 4) is 0 Å². The number of piperidine rings is 1. The van der Waals surface area contributed by atoms with Crippen LogP contribution in [0.1, 0.15) is 43.0 Å². The molecule has 0 spiro atoms. The van der Waals surface area contributed by atoms with Crippen LogP contribution in [0.5, 0.6) is 0 Å². The first-order valence-corrected chi connectivity index (χ1v) is 10.6. The Morgan fingerprint density at radius 3 is 2.66 bits per heavy atom. The molecule has 2 aliphatic heterocycles. The van der Waals surface area contributed by atoms with Crippen molar-refractivity contribution in [2.75, 3.05) is 41.8 Å². The highest BCUT2D eigenvalue weighted by Crippen LogP contribution is 2.24. The van der Waals surface area contributed by atoms with Crippen molar-refractivity contribution in [3.05, 3.63) is 48.3 Å². The number of nitrogens with zero attached hydrogens (tertiary/aromatic N) is 2. The van der Waals surface area contributed by atoms with E-state index in [0.717, 1.165) is 56.4 Å². The molecule has 6 nitrogen and oxygen atoms in total.